The predicted molar refractivity (Wildman–Crippen MR) is 147 cm³/mol. The first-order valence-electron chi connectivity index (χ1n) is 15.0. The molecular weight excluding hydrogens is 626 g/mol. The van der Waals surface area contributed by atoms with Crippen molar-refractivity contribution in [2.24, 2.45) is 0 Å². The maximum Gasteiger partial charge on any atom is 0.305 e. The summed E-state index contributed by atoms with van der Waals surface area (Å²) in [6.45, 7) is -1.04. The van der Waals surface area contributed by atoms with Crippen LogP contribution >= 0.6 is 0 Å². The van der Waals surface area contributed by atoms with E-state index in [0.29, 0.717) is 19.3 Å². The van der Waals surface area contributed by atoms with Crippen LogP contribution in [0.5, 0.6) is 0 Å². The van der Waals surface area contributed by atoms with Crippen LogP contribution in [-0.4, -0.2) is 183 Å². The molecule has 15 atom stereocenters. The van der Waals surface area contributed by atoms with Gasteiger partial charge in [0.25, 0.3) is 0 Å². The van der Waals surface area contributed by atoms with Gasteiger partial charge in [-0.25, -0.2) is 0 Å². The summed E-state index contributed by atoms with van der Waals surface area (Å²) in [4.78, 5) is 23.5. The number of ether oxygens (including phenoxy) is 7. The number of nitrogens with one attached hydrogen (secondary N) is 1. The first-order valence-corrected chi connectivity index (χ1v) is 15.0. The van der Waals surface area contributed by atoms with Gasteiger partial charge >= 0.3 is 5.97 Å². The van der Waals surface area contributed by atoms with Gasteiger partial charge in [-0.05, 0) is 12.8 Å². The van der Waals surface area contributed by atoms with Crippen LogP contribution in [0, 0.1) is 0 Å². The van der Waals surface area contributed by atoms with Crippen LogP contribution in [0.15, 0.2) is 0 Å². The average molecular weight is 674 g/mol. The number of aliphatic hydroxyl groups excluding tert-OH is 9. The molecule has 0 saturated carbocycles. The van der Waals surface area contributed by atoms with Crippen molar-refractivity contribution >= 4 is 11.9 Å². The largest absolute Gasteiger partial charge is 0.469 e. The molecule has 3 aliphatic heterocycles. The molecule has 3 fully saturated rings. The van der Waals surface area contributed by atoms with E-state index in [9.17, 15) is 55.5 Å². The molecule has 19 nitrogen and oxygen atoms in total. The highest BCUT2D eigenvalue weighted by Crippen LogP contribution is 2.33. The lowest BCUT2D eigenvalue weighted by molar-refractivity contribution is -0.374. The number of carbonyl (C=O) groups excluding carboxylic acids is 2. The summed E-state index contributed by atoms with van der Waals surface area (Å²) >= 11 is 0. The van der Waals surface area contributed by atoms with Crippen molar-refractivity contribution < 1.29 is 88.7 Å². The molecule has 0 unspecified atom stereocenters. The van der Waals surface area contributed by atoms with Crippen LogP contribution in [0.1, 0.15) is 32.6 Å². The Balaban J connectivity index is 1.78. The van der Waals surface area contributed by atoms with Gasteiger partial charge in [-0.3, -0.25) is 9.59 Å². The second-order valence-electron chi connectivity index (χ2n) is 11.3. The van der Waals surface area contributed by atoms with Gasteiger partial charge in [0.2, 0.25) is 5.91 Å². The number of rotatable bonds is 15. The SMILES string of the molecule is COC(=O)CCCCCO[C@@H]1O[C@H](CO)[C@@H](O)[C@H](O[C@@H]2O[C@H](CO)[C@H](O)[C@H](O[C@H]3O[C@H](CO)[C@H](O)[C@H](O)[C@H]3O)[C@H]2O)[C@H]1NC(C)=O. The van der Waals surface area contributed by atoms with Crippen LogP contribution in [0.3, 0.4) is 0 Å². The van der Waals surface area contributed by atoms with Crippen molar-refractivity contribution in [3.63, 3.8) is 0 Å². The first-order chi connectivity index (χ1) is 21.9. The van der Waals surface area contributed by atoms with Crippen LogP contribution in [0.2, 0.25) is 0 Å². The van der Waals surface area contributed by atoms with Crippen LogP contribution in [0.4, 0.5) is 0 Å². The number of esters is 1. The smallest absolute Gasteiger partial charge is 0.305 e. The zero-order valence-electron chi connectivity index (χ0n) is 25.5. The minimum atomic E-state index is -1.93. The summed E-state index contributed by atoms with van der Waals surface area (Å²) in [5.74, 6) is -0.938. The fourth-order valence-corrected chi connectivity index (χ4v) is 5.43. The molecule has 3 saturated heterocycles. The van der Waals surface area contributed by atoms with E-state index in [1.807, 2.05) is 0 Å². The van der Waals surface area contributed by atoms with Gasteiger partial charge in [-0.2, -0.15) is 0 Å². The van der Waals surface area contributed by atoms with Crippen molar-refractivity contribution in [2.45, 2.75) is 125 Å². The minimum absolute atomic E-state index is 0.0826. The summed E-state index contributed by atoms with van der Waals surface area (Å²) in [7, 11) is 1.29. The predicted octanol–water partition coefficient (Wildman–Crippen LogP) is -5.67. The van der Waals surface area contributed by atoms with Gasteiger partial charge in [0.1, 0.15) is 73.2 Å². The molecule has 46 heavy (non-hydrogen) atoms. The average Bonchev–Trinajstić information content (AvgIpc) is 3.03. The number of aliphatic hydroxyl groups is 9. The summed E-state index contributed by atoms with van der Waals surface area (Å²) in [5, 5.41) is 95.5. The van der Waals surface area contributed by atoms with Crippen LogP contribution in [0.25, 0.3) is 0 Å². The molecule has 19 heteroatoms. The molecule has 0 aromatic heterocycles. The van der Waals surface area contributed by atoms with E-state index in [2.05, 4.69) is 10.1 Å². The second-order valence-corrected chi connectivity index (χ2v) is 11.3. The quantitative estimate of drug-likeness (QED) is 0.0572. The van der Waals surface area contributed by atoms with Crippen molar-refractivity contribution in [3.05, 3.63) is 0 Å². The highest BCUT2D eigenvalue weighted by atomic mass is 16.7. The van der Waals surface area contributed by atoms with E-state index in [0.717, 1.165) is 0 Å². The Kier molecular flexibility index (Phi) is 15.3. The number of amides is 1. The number of unbranched alkanes of at least 4 members (excludes halogenated alkanes) is 2. The molecule has 268 valence electrons. The lowest BCUT2D eigenvalue weighted by Gasteiger charge is -2.49. The maximum absolute atomic E-state index is 12.2. The molecule has 3 rings (SSSR count). The molecule has 0 radical (unpaired) electrons. The zero-order chi connectivity index (χ0) is 34.1. The summed E-state index contributed by atoms with van der Waals surface area (Å²) < 4.78 is 38.5. The van der Waals surface area contributed by atoms with E-state index in [4.69, 9.17) is 28.4 Å². The molecule has 0 aliphatic carbocycles. The minimum Gasteiger partial charge on any atom is -0.469 e. The molecule has 1 amide bonds. The molecular formula is C27H47NO18. The van der Waals surface area contributed by atoms with Crippen LogP contribution in [-0.2, 0) is 42.7 Å². The maximum atomic E-state index is 12.2. The van der Waals surface area contributed by atoms with E-state index in [1.54, 1.807) is 0 Å². The molecule has 0 bridgehead atoms. The van der Waals surface area contributed by atoms with Crippen molar-refractivity contribution in [3.8, 4) is 0 Å². The fourth-order valence-electron chi connectivity index (χ4n) is 5.43. The summed E-state index contributed by atoms with van der Waals surface area (Å²) in [5.41, 5.74) is 0. The lowest BCUT2D eigenvalue weighted by atomic mass is 9.95. The Bertz CT molecular complexity index is 944. The number of carbonyl (C=O) groups is 2. The number of hydrogen-bond donors (Lipinski definition) is 10. The van der Waals surface area contributed by atoms with Gasteiger partial charge in [0.05, 0.1) is 26.9 Å². The van der Waals surface area contributed by atoms with Gasteiger partial charge in [0, 0.05) is 20.0 Å². The van der Waals surface area contributed by atoms with Crippen LogP contribution < -0.4 is 5.32 Å². The highest BCUT2D eigenvalue weighted by Gasteiger charge is 2.54. The Hall–Kier alpha value is -1.66. The number of hydrogen-bond acceptors (Lipinski definition) is 18. The third-order valence-electron chi connectivity index (χ3n) is 8.01. The summed E-state index contributed by atoms with van der Waals surface area (Å²) in [6.07, 6.45) is -21.2. The van der Waals surface area contributed by atoms with E-state index in [1.165, 1.54) is 14.0 Å². The Labute approximate surface area is 264 Å². The highest BCUT2D eigenvalue weighted by molar-refractivity contribution is 5.73. The Morgan fingerprint density at radius 1 is 0.652 bits per heavy atom. The second kappa shape index (κ2) is 18.2. The van der Waals surface area contributed by atoms with Crippen molar-refractivity contribution in [2.75, 3.05) is 33.5 Å². The molecule has 10 N–H and O–H groups in total. The molecule has 0 aromatic rings. The fraction of sp³-hybridized carbons (Fsp3) is 0.926. The van der Waals surface area contributed by atoms with Crippen molar-refractivity contribution in [1.82, 2.24) is 5.32 Å². The van der Waals surface area contributed by atoms with Gasteiger partial charge in [0.15, 0.2) is 18.9 Å². The standard InChI is InChI=1S/C27H47NO18/c1-11(32)28-16-23(18(35)13(9-30)42-25(16)41-7-5-3-4-6-15(33)40-2)45-27-22(39)24(19(36)14(10-31)44-27)46-26-21(38)20(37)17(34)12(8-29)43-26/h12-14,16-27,29-31,34-39H,3-10H2,1-2H3,(H,28,32)/t12-,13-,14-,16-,17+,18-,19+,20+,21-,22-,23-,24+,25-,26-,27+/m1/s1. The number of methoxy groups -OCH3 is 1. The third kappa shape index (κ3) is 9.49. The molecule has 0 aromatic carbocycles. The Morgan fingerprint density at radius 3 is 1.74 bits per heavy atom. The van der Waals surface area contributed by atoms with Gasteiger partial charge in [-0.15, -0.1) is 0 Å². The van der Waals surface area contributed by atoms with E-state index >= 15 is 0 Å². The topological polar surface area (TPSA) is 293 Å². The Morgan fingerprint density at radius 2 is 1.17 bits per heavy atom. The van der Waals surface area contributed by atoms with Gasteiger partial charge in [-0.1, -0.05) is 6.42 Å². The normalized spacial score (nSPS) is 41.6. The molecule has 3 heterocycles. The van der Waals surface area contributed by atoms with Crippen molar-refractivity contribution in [1.29, 1.82) is 0 Å². The molecule has 0 spiro atoms. The zero-order valence-corrected chi connectivity index (χ0v) is 25.5. The summed E-state index contributed by atoms with van der Waals surface area (Å²) in [6, 6.07) is -1.24. The monoisotopic (exact) mass is 673 g/mol. The van der Waals surface area contributed by atoms with E-state index in [-0.39, 0.29) is 19.0 Å². The molecule has 3 aliphatic rings. The lowest BCUT2D eigenvalue weighted by Crippen LogP contribution is -2.69. The third-order valence-corrected chi connectivity index (χ3v) is 8.01. The van der Waals surface area contributed by atoms with E-state index < -0.39 is 118 Å². The van der Waals surface area contributed by atoms with Gasteiger partial charge < -0.3 is 84.4 Å². The first kappa shape index (κ1) is 38.8.